The molecule has 1 aromatic rings. The SMILES string of the molecule is CC(=O)c1c(C)cc(C(F)(F)F)cc1F. The maximum absolute atomic E-state index is 13.2. The zero-order valence-corrected chi connectivity index (χ0v) is 8.07. The average molecular weight is 220 g/mol. The zero-order chi connectivity index (χ0) is 11.8. The normalized spacial score (nSPS) is 11.6. The Labute approximate surface area is 83.7 Å². The van der Waals surface area contributed by atoms with Gasteiger partial charge in [-0.05, 0) is 31.5 Å². The van der Waals surface area contributed by atoms with Gasteiger partial charge in [0, 0.05) is 0 Å². The van der Waals surface area contributed by atoms with Crippen molar-refractivity contribution in [1.82, 2.24) is 0 Å². The number of carbonyl (C=O) groups excluding carboxylic acids is 1. The van der Waals surface area contributed by atoms with Crippen molar-refractivity contribution in [3.8, 4) is 0 Å². The number of halogens is 4. The molecule has 0 aliphatic heterocycles. The lowest BCUT2D eigenvalue weighted by atomic mass is 10.0. The summed E-state index contributed by atoms with van der Waals surface area (Å²) in [5.41, 5.74) is -1.37. The van der Waals surface area contributed by atoms with E-state index in [0.717, 1.165) is 13.0 Å². The molecule has 0 saturated heterocycles. The molecule has 0 atom stereocenters. The summed E-state index contributed by atoms with van der Waals surface area (Å²) < 4.78 is 49.9. The average Bonchev–Trinajstić information content (AvgIpc) is 1.99. The molecule has 0 heterocycles. The minimum atomic E-state index is -4.60. The molecule has 15 heavy (non-hydrogen) atoms. The summed E-state index contributed by atoms with van der Waals surface area (Å²) in [6, 6.07) is 1.10. The fraction of sp³-hybridized carbons (Fsp3) is 0.300. The molecule has 0 aliphatic carbocycles. The van der Waals surface area contributed by atoms with Gasteiger partial charge in [-0.3, -0.25) is 4.79 Å². The molecule has 1 aromatic carbocycles. The van der Waals surface area contributed by atoms with E-state index in [0.29, 0.717) is 6.07 Å². The molecule has 0 aromatic heterocycles. The first kappa shape index (κ1) is 11.7. The first-order valence-electron chi connectivity index (χ1n) is 4.11. The van der Waals surface area contributed by atoms with Crippen LogP contribution < -0.4 is 0 Å². The second kappa shape index (κ2) is 3.64. The van der Waals surface area contributed by atoms with Crippen LogP contribution in [0.2, 0.25) is 0 Å². The number of alkyl halides is 3. The van der Waals surface area contributed by atoms with Gasteiger partial charge in [0.15, 0.2) is 5.78 Å². The van der Waals surface area contributed by atoms with E-state index in [9.17, 15) is 22.4 Å². The first-order chi connectivity index (χ1) is 6.73. The lowest BCUT2D eigenvalue weighted by Gasteiger charge is -2.10. The van der Waals surface area contributed by atoms with E-state index in [2.05, 4.69) is 0 Å². The van der Waals surface area contributed by atoms with Gasteiger partial charge in [-0.15, -0.1) is 0 Å². The summed E-state index contributed by atoms with van der Waals surface area (Å²) in [5, 5.41) is 0. The Hall–Kier alpha value is -1.39. The largest absolute Gasteiger partial charge is 0.416 e. The first-order valence-corrected chi connectivity index (χ1v) is 4.11. The number of Topliss-reactive ketones (excluding diaryl/α,β-unsaturated/α-hetero) is 1. The smallest absolute Gasteiger partial charge is 0.294 e. The topological polar surface area (TPSA) is 17.1 Å². The monoisotopic (exact) mass is 220 g/mol. The molecule has 5 heteroatoms. The van der Waals surface area contributed by atoms with Gasteiger partial charge >= 0.3 is 6.18 Å². The highest BCUT2D eigenvalue weighted by atomic mass is 19.4. The maximum atomic E-state index is 13.2. The number of carbonyl (C=O) groups is 1. The Bertz CT molecular complexity index is 383. The van der Waals surface area contributed by atoms with Gasteiger partial charge in [0.25, 0.3) is 0 Å². The molecule has 0 unspecified atom stereocenters. The van der Waals surface area contributed by atoms with Crippen LogP contribution in [0.1, 0.15) is 28.4 Å². The predicted octanol–water partition coefficient (Wildman–Crippen LogP) is 3.36. The van der Waals surface area contributed by atoms with Gasteiger partial charge < -0.3 is 0 Å². The summed E-state index contributed by atoms with van der Waals surface area (Å²) in [6.07, 6.45) is -4.60. The summed E-state index contributed by atoms with van der Waals surface area (Å²) in [5.74, 6) is -1.71. The third kappa shape index (κ3) is 2.34. The van der Waals surface area contributed by atoms with Crippen LogP contribution in [0.4, 0.5) is 17.6 Å². The predicted molar refractivity (Wildman–Crippen MR) is 46.1 cm³/mol. The van der Waals surface area contributed by atoms with Gasteiger partial charge in [0.05, 0.1) is 11.1 Å². The van der Waals surface area contributed by atoms with Crippen molar-refractivity contribution in [2.45, 2.75) is 20.0 Å². The molecule has 0 radical (unpaired) electrons. The van der Waals surface area contributed by atoms with Crippen molar-refractivity contribution >= 4 is 5.78 Å². The van der Waals surface area contributed by atoms with Crippen molar-refractivity contribution in [2.24, 2.45) is 0 Å². The number of benzene rings is 1. The van der Waals surface area contributed by atoms with Crippen LogP contribution in [-0.4, -0.2) is 5.78 Å². The van der Waals surface area contributed by atoms with E-state index >= 15 is 0 Å². The quantitative estimate of drug-likeness (QED) is 0.524. The van der Waals surface area contributed by atoms with Crippen molar-refractivity contribution < 1.29 is 22.4 Å². The number of ketones is 1. The molecule has 1 nitrogen and oxygen atoms in total. The molecule has 1 rings (SSSR count). The number of hydrogen-bond acceptors (Lipinski definition) is 1. The molecule has 0 spiro atoms. The molecule has 0 saturated carbocycles. The van der Waals surface area contributed by atoms with Crippen molar-refractivity contribution in [1.29, 1.82) is 0 Å². The Morgan fingerprint density at radius 1 is 1.27 bits per heavy atom. The van der Waals surface area contributed by atoms with Gasteiger partial charge in [0.2, 0.25) is 0 Å². The summed E-state index contributed by atoms with van der Waals surface area (Å²) >= 11 is 0. The van der Waals surface area contributed by atoms with Crippen molar-refractivity contribution in [2.75, 3.05) is 0 Å². The Balaban J connectivity index is 3.39. The molecule has 0 amide bonds. The summed E-state index contributed by atoms with van der Waals surface area (Å²) in [4.78, 5) is 10.9. The van der Waals surface area contributed by atoms with Gasteiger partial charge in [0.1, 0.15) is 5.82 Å². The van der Waals surface area contributed by atoms with E-state index in [-0.39, 0.29) is 11.1 Å². The van der Waals surface area contributed by atoms with E-state index in [4.69, 9.17) is 0 Å². The lowest BCUT2D eigenvalue weighted by Crippen LogP contribution is -2.09. The second-order valence-corrected chi connectivity index (χ2v) is 3.20. The van der Waals surface area contributed by atoms with Gasteiger partial charge in [-0.1, -0.05) is 0 Å². The van der Waals surface area contributed by atoms with Gasteiger partial charge in [-0.25, -0.2) is 4.39 Å². The van der Waals surface area contributed by atoms with Crippen LogP contribution in [0.3, 0.4) is 0 Å². The molecule has 0 bridgehead atoms. The van der Waals surface area contributed by atoms with E-state index in [1.165, 1.54) is 6.92 Å². The third-order valence-electron chi connectivity index (χ3n) is 1.97. The minimum absolute atomic E-state index is 0.00479. The van der Waals surface area contributed by atoms with Crippen LogP contribution in [0.15, 0.2) is 12.1 Å². The van der Waals surface area contributed by atoms with E-state index in [1.807, 2.05) is 0 Å². The van der Waals surface area contributed by atoms with Crippen LogP contribution in [-0.2, 0) is 6.18 Å². The number of hydrogen-bond donors (Lipinski definition) is 0. The van der Waals surface area contributed by atoms with Gasteiger partial charge in [-0.2, -0.15) is 13.2 Å². The van der Waals surface area contributed by atoms with Crippen molar-refractivity contribution in [3.63, 3.8) is 0 Å². The maximum Gasteiger partial charge on any atom is 0.416 e. The molecular formula is C10H8F4O. The van der Waals surface area contributed by atoms with Crippen LogP contribution >= 0.6 is 0 Å². The molecule has 0 aliphatic rings. The fourth-order valence-corrected chi connectivity index (χ4v) is 1.35. The molecule has 0 fully saturated rings. The van der Waals surface area contributed by atoms with Crippen LogP contribution in [0.25, 0.3) is 0 Å². The van der Waals surface area contributed by atoms with Crippen LogP contribution in [0, 0.1) is 12.7 Å². The molecule has 0 N–H and O–H groups in total. The second-order valence-electron chi connectivity index (χ2n) is 3.20. The van der Waals surface area contributed by atoms with Crippen LogP contribution in [0.5, 0.6) is 0 Å². The number of aryl methyl sites for hydroxylation is 1. The third-order valence-corrected chi connectivity index (χ3v) is 1.97. The Kier molecular flexibility index (Phi) is 2.83. The highest BCUT2D eigenvalue weighted by Gasteiger charge is 2.32. The van der Waals surface area contributed by atoms with E-state index < -0.39 is 23.3 Å². The molecular weight excluding hydrogens is 212 g/mol. The highest BCUT2D eigenvalue weighted by molar-refractivity contribution is 5.95. The lowest BCUT2D eigenvalue weighted by molar-refractivity contribution is -0.137. The summed E-state index contributed by atoms with van der Waals surface area (Å²) in [7, 11) is 0. The minimum Gasteiger partial charge on any atom is -0.294 e. The molecule has 82 valence electrons. The van der Waals surface area contributed by atoms with E-state index in [1.54, 1.807) is 0 Å². The number of rotatable bonds is 1. The highest BCUT2D eigenvalue weighted by Crippen LogP contribution is 2.31. The Morgan fingerprint density at radius 3 is 2.13 bits per heavy atom. The van der Waals surface area contributed by atoms with Crippen molar-refractivity contribution in [3.05, 3.63) is 34.6 Å². The summed E-state index contributed by atoms with van der Waals surface area (Å²) in [6.45, 7) is 2.38. The standard InChI is InChI=1S/C10H8F4O/c1-5-3-7(10(12,13)14)4-8(11)9(5)6(2)15/h3-4H,1-2H3. The Morgan fingerprint density at radius 2 is 1.80 bits per heavy atom. The fourth-order valence-electron chi connectivity index (χ4n) is 1.35. The zero-order valence-electron chi connectivity index (χ0n) is 8.07.